The number of hydrogen-bond donors (Lipinski definition) is 1. The predicted molar refractivity (Wildman–Crippen MR) is 127 cm³/mol. The van der Waals surface area contributed by atoms with Crippen LogP contribution in [0, 0.1) is 0 Å². The molecule has 7 heteroatoms. The number of rotatable bonds is 6. The van der Waals surface area contributed by atoms with Gasteiger partial charge in [0.15, 0.2) is 0 Å². The second-order valence-corrected chi connectivity index (χ2v) is 8.03. The first-order chi connectivity index (χ1) is 15.5. The van der Waals surface area contributed by atoms with Crippen molar-refractivity contribution in [2.24, 2.45) is 0 Å². The van der Waals surface area contributed by atoms with E-state index in [1.165, 1.54) is 0 Å². The van der Waals surface area contributed by atoms with Crippen LogP contribution in [-0.2, 0) is 13.1 Å². The van der Waals surface area contributed by atoms with Crippen molar-refractivity contribution in [3.8, 4) is 11.3 Å². The van der Waals surface area contributed by atoms with Crippen molar-refractivity contribution in [2.45, 2.75) is 13.1 Å². The molecular weight excluding hydrogens is 445 g/mol. The molecule has 0 aliphatic carbocycles. The van der Waals surface area contributed by atoms with Crippen LogP contribution in [0.2, 0.25) is 10.0 Å². The van der Waals surface area contributed by atoms with Gasteiger partial charge in [0, 0.05) is 18.4 Å². The van der Waals surface area contributed by atoms with Crippen molar-refractivity contribution in [1.82, 2.24) is 14.9 Å². The maximum absolute atomic E-state index is 13.4. The normalized spacial score (nSPS) is 10.7. The zero-order chi connectivity index (χ0) is 22.5. The lowest BCUT2D eigenvalue weighted by Gasteiger charge is -2.23. The van der Waals surface area contributed by atoms with Gasteiger partial charge >= 0.3 is 0 Å². The number of H-pyrrole nitrogens is 1. The zero-order valence-corrected chi connectivity index (χ0v) is 18.5. The lowest BCUT2D eigenvalue weighted by molar-refractivity contribution is 0.0726. The summed E-state index contributed by atoms with van der Waals surface area (Å²) in [7, 11) is 0. The van der Waals surface area contributed by atoms with Gasteiger partial charge in [0.25, 0.3) is 11.5 Å². The highest BCUT2D eigenvalue weighted by Crippen LogP contribution is 2.24. The number of pyridine rings is 2. The molecule has 0 saturated carbocycles. The summed E-state index contributed by atoms with van der Waals surface area (Å²) in [5.74, 6) is -0.400. The van der Waals surface area contributed by atoms with Gasteiger partial charge in [-0.25, -0.2) is 0 Å². The molecule has 0 saturated heterocycles. The molecule has 0 radical (unpaired) electrons. The average Bonchev–Trinajstić information content (AvgIpc) is 2.82. The van der Waals surface area contributed by atoms with Gasteiger partial charge in [-0.2, -0.15) is 0 Å². The highest BCUT2D eigenvalue weighted by atomic mass is 35.5. The highest BCUT2D eigenvalue weighted by Gasteiger charge is 2.21. The van der Waals surface area contributed by atoms with Crippen LogP contribution in [0.4, 0.5) is 0 Å². The van der Waals surface area contributed by atoms with Gasteiger partial charge < -0.3 is 9.88 Å². The molecule has 2 aromatic carbocycles. The SMILES string of the molecule is O=C(c1ccc(-c2ccccc2)[nH]c1=O)N(Cc1ccc(Cl)c(Cl)c1)Cc1ccccn1. The number of aromatic nitrogens is 2. The fourth-order valence-corrected chi connectivity index (χ4v) is 3.66. The summed E-state index contributed by atoms with van der Waals surface area (Å²) >= 11 is 12.2. The summed E-state index contributed by atoms with van der Waals surface area (Å²) < 4.78 is 0. The summed E-state index contributed by atoms with van der Waals surface area (Å²) in [6, 6.07) is 23.5. The molecule has 5 nitrogen and oxygen atoms in total. The van der Waals surface area contributed by atoms with E-state index in [-0.39, 0.29) is 18.7 Å². The summed E-state index contributed by atoms with van der Waals surface area (Å²) in [5, 5.41) is 0.838. The maximum atomic E-state index is 13.4. The fraction of sp³-hybridized carbons (Fsp3) is 0.0800. The number of amides is 1. The second-order valence-electron chi connectivity index (χ2n) is 7.21. The Bertz CT molecular complexity index is 1290. The summed E-state index contributed by atoms with van der Waals surface area (Å²) in [5.41, 5.74) is 2.62. The highest BCUT2D eigenvalue weighted by molar-refractivity contribution is 6.42. The quantitative estimate of drug-likeness (QED) is 0.405. The number of halogens is 2. The van der Waals surface area contributed by atoms with Crippen molar-refractivity contribution in [3.05, 3.63) is 122 Å². The number of nitrogens with one attached hydrogen (secondary N) is 1. The lowest BCUT2D eigenvalue weighted by Crippen LogP contribution is -2.34. The van der Waals surface area contributed by atoms with Gasteiger partial charge in [0.1, 0.15) is 5.56 Å². The Kier molecular flexibility index (Phi) is 6.69. The summed E-state index contributed by atoms with van der Waals surface area (Å²) in [6.07, 6.45) is 1.67. The Morgan fingerprint density at radius 3 is 2.34 bits per heavy atom. The molecule has 4 aromatic rings. The van der Waals surface area contributed by atoms with Crippen molar-refractivity contribution < 1.29 is 4.79 Å². The van der Waals surface area contributed by atoms with Gasteiger partial charge in [-0.15, -0.1) is 0 Å². The van der Waals surface area contributed by atoms with E-state index in [2.05, 4.69) is 9.97 Å². The first-order valence-corrected chi connectivity index (χ1v) is 10.7. The molecule has 0 aliphatic rings. The molecule has 2 aromatic heterocycles. The minimum absolute atomic E-state index is 0.0562. The Morgan fingerprint density at radius 1 is 0.875 bits per heavy atom. The molecule has 0 unspecified atom stereocenters. The summed E-state index contributed by atoms with van der Waals surface area (Å²) in [4.78, 5) is 34.9. The molecule has 4 rings (SSSR count). The number of nitrogens with zero attached hydrogens (tertiary/aromatic N) is 2. The summed E-state index contributed by atoms with van der Waals surface area (Å²) in [6.45, 7) is 0.478. The van der Waals surface area contributed by atoms with Crippen LogP contribution >= 0.6 is 23.2 Å². The minimum atomic E-state index is -0.448. The molecule has 1 amide bonds. The molecule has 32 heavy (non-hydrogen) atoms. The lowest BCUT2D eigenvalue weighted by atomic mass is 10.1. The van der Waals surface area contributed by atoms with E-state index in [0.717, 1.165) is 11.1 Å². The minimum Gasteiger partial charge on any atom is -0.328 e. The largest absolute Gasteiger partial charge is 0.328 e. The van der Waals surface area contributed by atoms with Gasteiger partial charge in [-0.05, 0) is 47.5 Å². The molecule has 0 fully saturated rings. The van der Waals surface area contributed by atoms with Crippen LogP contribution in [-0.4, -0.2) is 20.8 Å². The Morgan fingerprint density at radius 2 is 1.66 bits per heavy atom. The van der Waals surface area contributed by atoms with Crippen LogP contribution < -0.4 is 5.56 Å². The van der Waals surface area contributed by atoms with Crippen LogP contribution in [0.25, 0.3) is 11.3 Å². The number of aromatic amines is 1. The first kappa shape index (κ1) is 21.8. The van der Waals surface area contributed by atoms with Crippen molar-refractivity contribution in [2.75, 3.05) is 0 Å². The van der Waals surface area contributed by atoms with E-state index in [1.54, 1.807) is 41.4 Å². The maximum Gasteiger partial charge on any atom is 0.261 e. The van der Waals surface area contributed by atoms with Gasteiger partial charge in [0.2, 0.25) is 0 Å². The van der Waals surface area contributed by atoms with Gasteiger partial charge in [-0.1, -0.05) is 65.7 Å². The standard InChI is InChI=1S/C25H19Cl2N3O2/c26-21-11-9-17(14-22(21)27)15-30(16-19-8-4-5-13-28-19)25(32)20-10-12-23(29-24(20)31)18-6-2-1-3-7-18/h1-14H,15-16H2,(H,29,31). The third-order valence-corrected chi connectivity index (χ3v) is 5.69. The van der Waals surface area contributed by atoms with Gasteiger partial charge in [0.05, 0.1) is 22.3 Å². The number of benzene rings is 2. The van der Waals surface area contributed by atoms with Crippen molar-refractivity contribution >= 4 is 29.1 Å². The van der Waals surface area contributed by atoms with E-state index in [1.807, 2.05) is 48.5 Å². The number of carbonyl (C=O) groups excluding carboxylic acids is 1. The van der Waals surface area contributed by atoms with E-state index in [9.17, 15) is 9.59 Å². The van der Waals surface area contributed by atoms with Crippen LogP contribution in [0.5, 0.6) is 0 Å². The molecule has 2 heterocycles. The predicted octanol–water partition coefficient (Wildman–Crippen LogP) is 5.59. The topological polar surface area (TPSA) is 66.1 Å². The molecule has 0 atom stereocenters. The van der Waals surface area contributed by atoms with Gasteiger partial charge in [-0.3, -0.25) is 14.6 Å². The van der Waals surface area contributed by atoms with E-state index < -0.39 is 11.5 Å². The molecule has 160 valence electrons. The zero-order valence-electron chi connectivity index (χ0n) is 17.0. The molecule has 0 spiro atoms. The first-order valence-electron chi connectivity index (χ1n) is 9.93. The number of carbonyl (C=O) groups is 1. The van der Waals surface area contributed by atoms with E-state index in [4.69, 9.17) is 23.2 Å². The van der Waals surface area contributed by atoms with Crippen LogP contribution in [0.15, 0.2) is 89.9 Å². The third-order valence-electron chi connectivity index (χ3n) is 4.95. The van der Waals surface area contributed by atoms with E-state index in [0.29, 0.717) is 21.4 Å². The smallest absolute Gasteiger partial charge is 0.261 e. The number of hydrogen-bond acceptors (Lipinski definition) is 3. The third kappa shape index (κ3) is 5.07. The molecule has 0 aliphatic heterocycles. The van der Waals surface area contributed by atoms with Crippen molar-refractivity contribution in [3.63, 3.8) is 0 Å². The Balaban J connectivity index is 1.66. The van der Waals surface area contributed by atoms with Crippen LogP contribution in [0.1, 0.15) is 21.6 Å². The fourth-order valence-electron chi connectivity index (χ4n) is 3.34. The molecule has 0 bridgehead atoms. The monoisotopic (exact) mass is 463 g/mol. The Hall–Kier alpha value is -3.41. The molecule has 1 N–H and O–H groups in total. The van der Waals surface area contributed by atoms with Crippen LogP contribution in [0.3, 0.4) is 0 Å². The average molecular weight is 464 g/mol. The Labute approximate surface area is 195 Å². The second kappa shape index (κ2) is 9.81. The van der Waals surface area contributed by atoms with E-state index >= 15 is 0 Å². The molecular formula is C25H19Cl2N3O2. The van der Waals surface area contributed by atoms with Crippen molar-refractivity contribution in [1.29, 1.82) is 0 Å².